The van der Waals surface area contributed by atoms with Crippen molar-refractivity contribution in [2.45, 2.75) is 6.18 Å². The average Bonchev–Trinajstić information content (AvgIpc) is 2.55. The molecule has 0 aliphatic carbocycles. The van der Waals surface area contributed by atoms with Gasteiger partial charge in [0.15, 0.2) is 0 Å². The maximum Gasteiger partial charge on any atom is 0.416 e. The molecule has 0 aliphatic rings. The van der Waals surface area contributed by atoms with Crippen LogP contribution in [0.1, 0.15) is 5.56 Å². The number of hydrogen-bond acceptors (Lipinski definition) is 1. The van der Waals surface area contributed by atoms with Crippen LogP contribution in [0.5, 0.6) is 0 Å². The van der Waals surface area contributed by atoms with Gasteiger partial charge in [0.1, 0.15) is 0 Å². The molecule has 110 valence electrons. The number of alkyl halides is 3. The van der Waals surface area contributed by atoms with Crippen molar-refractivity contribution in [3.05, 3.63) is 78.5 Å². The van der Waals surface area contributed by atoms with Gasteiger partial charge in [-0.1, -0.05) is 36.4 Å². The Balaban J connectivity index is 1.96. The van der Waals surface area contributed by atoms with Crippen molar-refractivity contribution in [3.8, 4) is 22.4 Å². The van der Waals surface area contributed by atoms with Gasteiger partial charge in [-0.3, -0.25) is 4.98 Å². The molecule has 3 aromatic rings. The van der Waals surface area contributed by atoms with Gasteiger partial charge in [-0.05, 0) is 41.5 Å². The first-order chi connectivity index (χ1) is 10.5. The lowest BCUT2D eigenvalue weighted by atomic mass is 10.0. The summed E-state index contributed by atoms with van der Waals surface area (Å²) in [6.07, 6.45) is -2.60. The molecule has 3 rings (SSSR count). The largest absolute Gasteiger partial charge is 0.416 e. The van der Waals surface area contributed by atoms with Crippen molar-refractivity contribution in [2.75, 3.05) is 0 Å². The summed E-state index contributed by atoms with van der Waals surface area (Å²) in [6, 6.07) is 18.4. The van der Waals surface area contributed by atoms with Gasteiger partial charge in [-0.15, -0.1) is 0 Å². The summed E-state index contributed by atoms with van der Waals surface area (Å²) in [7, 11) is 0. The molecular formula is C18H12F3N. The van der Waals surface area contributed by atoms with Crippen LogP contribution in [0, 0.1) is 0 Å². The van der Waals surface area contributed by atoms with Crippen LogP contribution in [0.4, 0.5) is 13.2 Å². The van der Waals surface area contributed by atoms with E-state index in [4.69, 9.17) is 0 Å². The minimum absolute atomic E-state index is 0.642. The Morgan fingerprint density at radius 1 is 0.682 bits per heavy atom. The van der Waals surface area contributed by atoms with Crippen LogP contribution < -0.4 is 0 Å². The van der Waals surface area contributed by atoms with Crippen LogP contribution in [-0.2, 0) is 6.18 Å². The van der Waals surface area contributed by atoms with Gasteiger partial charge in [-0.2, -0.15) is 13.2 Å². The lowest BCUT2D eigenvalue weighted by Crippen LogP contribution is -2.03. The van der Waals surface area contributed by atoms with Crippen LogP contribution in [0.3, 0.4) is 0 Å². The molecule has 0 saturated heterocycles. The van der Waals surface area contributed by atoms with E-state index in [0.717, 1.165) is 34.5 Å². The van der Waals surface area contributed by atoms with E-state index in [0.29, 0.717) is 0 Å². The summed E-state index contributed by atoms with van der Waals surface area (Å²) in [5, 5.41) is 0. The van der Waals surface area contributed by atoms with E-state index in [1.807, 2.05) is 42.5 Å². The SMILES string of the molecule is FC(F)(F)c1ccc(-c2cccc(-c3ccccn3)c2)cc1. The molecule has 0 aliphatic heterocycles. The number of nitrogens with zero attached hydrogens (tertiary/aromatic N) is 1. The van der Waals surface area contributed by atoms with Gasteiger partial charge < -0.3 is 0 Å². The van der Waals surface area contributed by atoms with Crippen LogP contribution in [0.15, 0.2) is 72.9 Å². The summed E-state index contributed by atoms with van der Waals surface area (Å²) in [5.74, 6) is 0. The number of hydrogen-bond donors (Lipinski definition) is 0. The van der Waals surface area contributed by atoms with Crippen LogP contribution in [-0.4, -0.2) is 4.98 Å². The zero-order chi connectivity index (χ0) is 15.6. The Kier molecular flexibility index (Phi) is 3.67. The third kappa shape index (κ3) is 3.01. The topological polar surface area (TPSA) is 12.9 Å². The number of benzene rings is 2. The zero-order valence-corrected chi connectivity index (χ0v) is 11.5. The van der Waals surface area contributed by atoms with E-state index < -0.39 is 11.7 Å². The van der Waals surface area contributed by atoms with Crippen LogP contribution >= 0.6 is 0 Å². The Labute approximate surface area is 126 Å². The summed E-state index contributed by atoms with van der Waals surface area (Å²) >= 11 is 0. The van der Waals surface area contributed by atoms with Gasteiger partial charge >= 0.3 is 6.18 Å². The second-order valence-electron chi connectivity index (χ2n) is 4.87. The van der Waals surface area contributed by atoms with E-state index in [1.54, 1.807) is 6.20 Å². The summed E-state index contributed by atoms with van der Waals surface area (Å²) in [5.41, 5.74) is 2.72. The van der Waals surface area contributed by atoms with E-state index >= 15 is 0 Å². The Bertz CT molecular complexity index is 762. The van der Waals surface area contributed by atoms with Gasteiger partial charge in [0.25, 0.3) is 0 Å². The molecule has 1 aromatic heterocycles. The molecule has 2 aromatic carbocycles. The molecule has 4 heteroatoms. The van der Waals surface area contributed by atoms with Crippen LogP contribution in [0.2, 0.25) is 0 Å². The van der Waals surface area contributed by atoms with E-state index in [1.165, 1.54) is 12.1 Å². The van der Waals surface area contributed by atoms with Crippen LogP contribution in [0.25, 0.3) is 22.4 Å². The smallest absolute Gasteiger partial charge is 0.256 e. The quantitative estimate of drug-likeness (QED) is 0.614. The second kappa shape index (κ2) is 5.64. The van der Waals surface area contributed by atoms with Crippen molar-refractivity contribution in [1.82, 2.24) is 4.98 Å². The molecule has 0 N–H and O–H groups in total. The van der Waals surface area contributed by atoms with Crippen molar-refractivity contribution < 1.29 is 13.2 Å². The second-order valence-corrected chi connectivity index (χ2v) is 4.87. The normalized spacial score (nSPS) is 11.4. The third-order valence-corrected chi connectivity index (χ3v) is 3.37. The molecular weight excluding hydrogens is 287 g/mol. The maximum atomic E-state index is 12.6. The fraction of sp³-hybridized carbons (Fsp3) is 0.0556. The molecule has 1 heterocycles. The zero-order valence-electron chi connectivity index (χ0n) is 11.5. The summed E-state index contributed by atoms with van der Waals surface area (Å²) in [4.78, 5) is 4.28. The maximum absolute atomic E-state index is 12.6. The number of rotatable bonds is 2. The first-order valence-corrected chi connectivity index (χ1v) is 6.73. The Morgan fingerprint density at radius 2 is 1.41 bits per heavy atom. The lowest BCUT2D eigenvalue weighted by molar-refractivity contribution is -0.137. The number of pyridine rings is 1. The highest BCUT2D eigenvalue weighted by Crippen LogP contribution is 2.31. The van der Waals surface area contributed by atoms with Gasteiger partial charge in [-0.25, -0.2) is 0 Å². The molecule has 1 nitrogen and oxygen atoms in total. The monoisotopic (exact) mass is 299 g/mol. The highest BCUT2D eigenvalue weighted by atomic mass is 19.4. The lowest BCUT2D eigenvalue weighted by Gasteiger charge is -2.09. The number of halogens is 3. The minimum Gasteiger partial charge on any atom is -0.256 e. The fourth-order valence-corrected chi connectivity index (χ4v) is 2.24. The molecule has 0 spiro atoms. The molecule has 0 saturated carbocycles. The summed E-state index contributed by atoms with van der Waals surface area (Å²) in [6.45, 7) is 0. The molecule has 22 heavy (non-hydrogen) atoms. The molecule has 0 bridgehead atoms. The summed E-state index contributed by atoms with van der Waals surface area (Å²) < 4.78 is 37.8. The molecule has 0 atom stereocenters. The Morgan fingerprint density at radius 3 is 2.05 bits per heavy atom. The van der Waals surface area contributed by atoms with Crippen molar-refractivity contribution >= 4 is 0 Å². The van der Waals surface area contributed by atoms with Gasteiger partial charge in [0.2, 0.25) is 0 Å². The van der Waals surface area contributed by atoms with Crippen molar-refractivity contribution in [1.29, 1.82) is 0 Å². The standard InChI is InChI=1S/C18H12F3N/c19-18(20,21)16-9-7-13(8-10-16)14-4-3-5-15(12-14)17-6-1-2-11-22-17/h1-12H. The predicted octanol–water partition coefficient (Wildman–Crippen LogP) is 5.43. The first kappa shape index (κ1) is 14.3. The first-order valence-electron chi connectivity index (χ1n) is 6.73. The fourth-order valence-electron chi connectivity index (χ4n) is 2.24. The molecule has 0 amide bonds. The molecule has 0 radical (unpaired) electrons. The number of aromatic nitrogens is 1. The van der Waals surface area contributed by atoms with Gasteiger partial charge in [0, 0.05) is 11.8 Å². The van der Waals surface area contributed by atoms with E-state index in [-0.39, 0.29) is 0 Å². The average molecular weight is 299 g/mol. The van der Waals surface area contributed by atoms with E-state index in [9.17, 15) is 13.2 Å². The molecule has 0 fully saturated rings. The Hall–Kier alpha value is -2.62. The highest BCUT2D eigenvalue weighted by Gasteiger charge is 2.29. The highest BCUT2D eigenvalue weighted by molar-refractivity contribution is 5.71. The third-order valence-electron chi connectivity index (χ3n) is 3.37. The van der Waals surface area contributed by atoms with Crippen molar-refractivity contribution in [3.63, 3.8) is 0 Å². The predicted molar refractivity (Wildman–Crippen MR) is 80.1 cm³/mol. The minimum atomic E-state index is -4.31. The molecule has 0 unspecified atom stereocenters. The van der Waals surface area contributed by atoms with Crippen molar-refractivity contribution in [2.24, 2.45) is 0 Å². The van der Waals surface area contributed by atoms with E-state index in [2.05, 4.69) is 4.98 Å². The van der Waals surface area contributed by atoms with Gasteiger partial charge in [0.05, 0.1) is 11.3 Å².